The Morgan fingerprint density at radius 2 is 1.62 bits per heavy atom. The van der Waals surface area contributed by atoms with Crippen LogP contribution in [0.1, 0.15) is 60.8 Å². The molecule has 1 heterocycles. The molecule has 1 saturated heterocycles. The Balaban J connectivity index is 2.60. The second kappa shape index (κ2) is 2.98. The molecule has 1 aliphatic rings. The zero-order valence-corrected chi connectivity index (χ0v) is 10.1. The van der Waals surface area contributed by atoms with Gasteiger partial charge in [-0.2, -0.15) is 0 Å². The number of nitrogens with one attached hydrogen (secondary N) is 1. The first-order chi connectivity index (χ1) is 5.62. The maximum absolute atomic E-state index is 3.76. The van der Waals surface area contributed by atoms with Crippen LogP contribution in [0.5, 0.6) is 0 Å². The van der Waals surface area contributed by atoms with Crippen molar-refractivity contribution in [3.63, 3.8) is 0 Å². The van der Waals surface area contributed by atoms with Crippen molar-refractivity contribution >= 4 is 0 Å². The number of hydrogen-bond acceptors (Lipinski definition) is 1. The van der Waals surface area contributed by atoms with Gasteiger partial charge in [0.2, 0.25) is 0 Å². The molecule has 1 unspecified atom stereocenters. The van der Waals surface area contributed by atoms with Gasteiger partial charge in [0.1, 0.15) is 0 Å². The van der Waals surface area contributed by atoms with Crippen molar-refractivity contribution in [3.8, 4) is 0 Å². The van der Waals surface area contributed by atoms with E-state index in [9.17, 15) is 0 Å². The predicted octanol–water partition coefficient (Wildman–Crippen LogP) is 3.34. The summed E-state index contributed by atoms with van der Waals surface area (Å²) in [6, 6.07) is 0. The van der Waals surface area contributed by atoms with E-state index in [2.05, 4.69) is 46.9 Å². The molecule has 0 aromatic carbocycles. The standard InChI is InChI=1S/C12H25N/c1-10(2,3)9-12(6)8-7-11(4,5)13-12/h13H,7-9H2,1-6H3. The minimum atomic E-state index is 0.347. The van der Waals surface area contributed by atoms with Crippen LogP contribution in [-0.2, 0) is 0 Å². The number of hydrogen-bond donors (Lipinski definition) is 1. The molecule has 1 N–H and O–H groups in total. The van der Waals surface area contributed by atoms with Crippen molar-refractivity contribution < 1.29 is 0 Å². The molecule has 0 aromatic heterocycles. The summed E-state index contributed by atoms with van der Waals surface area (Å²) in [6.07, 6.45) is 3.89. The molecule has 0 aromatic rings. The monoisotopic (exact) mass is 183 g/mol. The van der Waals surface area contributed by atoms with Gasteiger partial charge < -0.3 is 5.32 Å². The van der Waals surface area contributed by atoms with Crippen molar-refractivity contribution in [2.45, 2.75) is 71.9 Å². The van der Waals surface area contributed by atoms with Crippen LogP contribution in [0.2, 0.25) is 0 Å². The van der Waals surface area contributed by atoms with Gasteiger partial charge in [0.15, 0.2) is 0 Å². The highest BCUT2D eigenvalue weighted by molar-refractivity contribution is 5.01. The first-order valence-electron chi connectivity index (χ1n) is 5.41. The van der Waals surface area contributed by atoms with Gasteiger partial charge in [-0.25, -0.2) is 0 Å². The molecule has 1 aliphatic heterocycles. The summed E-state index contributed by atoms with van der Waals surface area (Å²) in [5, 5.41) is 3.76. The zero-order valence-electron chi connectivity index (χ0n) is 10.1. The third-order valence-corrected chi connectivity index (χ3v) is 2.86. The van der Waals surface area contributed by atoms with Crippen LogP contribution in [0.25, 0.3) is 0 Å². The molecular formula is C12H25N. The largest absolute Gasteiger partial charge is 0.307 e. The molecule has 0 amide bonds. The molecule has 13 heavy (non-hydrogen) atoms. The molecule has 1 rings (SSSR count). The lowest BCUT2D eigenvalue weighted by atomic mass is 9.80. The van der Waals surface area contributed by atoms with Crippen molar-refractivity contribution in [1.29, 1.82) is 0 Å². The van der Waals surface area contributed by atoms with E-state index in [4.69, 9.17) is 0 Å². The lowest BCUT2D eigenvalue weighted by Crippen LogP contribution is -2.47. The average molecular weight is 183 g/mol. The van der Waals surface area contributed by atoms with E-state index in [0.717, 1.165) is 0 Å². The summed E-state index contributed by atoms with van der Waals surface area (Å²) in [4.78, 5) is 0. The normalized spacial score (nSPS) is 33.7. The van der Waals surface area contributed by atoms with Crippen LogP contribution in [-0.4, -0.2) is 11.1 Å². The number of rotatable bonds is 1. The average Bonchev–Trinajstić information content (AvgIpc) is 2.00. The smallest absolute Gasteiger partial charge is 0.0163 e. The molecule has 0 bridgehead atoms. The molecule has 1 heteroatoms. The molecule has 1 atom stereocenters. The van der Waals surface area contributed by atoms with E-state index < -0.39 is 0 Å². The Morgan fingerprint density at radius 1 is 1.08 bits per heavy atom. The minimum Gasteiger partial charge on any atom is -0.307 e. The van der Waals surface area contributed by atoms with Gasteiger partial charge in [-0.05, 0) is 45.4 Å². The van der Waals surface area contributed by atoms with Crippen molar-refractivity contribution in [1.82, 2.24) is 5.32 Å². The first kappa shape index (κ1) is 11.0. The van der Waals surface area contributed by atoms with Crippen molar-refractivity contribution in [2.75, 3.05) is 0 Å². The van der Waals surface area contributed by atoms with E-state index in [0.29, 0.717) is 16.5 Å². The molecule has 0 aliphatic carbocycles. The van der Waals surface area contributed by atoms with Crippen LogP contribution in [0.4, 0.5) is 0 Å². The quantitative estimate of drug-likeness (QED) is 0.657. The topological polar surface area (TPSA) is 12.0 Å². The van der Waals surface area contributed by atoms with Crippen LogP contribution in [0.15, 0.2) is 0 Å². The van der Waals surface area contributed by atoms with Crippen LogP contribution < -0.4 is 5.32 Å². The maximum Gasteiger partial charge on any atom is 0.0163 e. The highest BCUT2D eigenvalue weighted by Gasteiger charge is 2.40. The molecule has 78 valence electrons. The van der Waals surface area contributed by atoms with Gasteiger partial charge in [-0.15, -0.1) is 0 Å². The Morgan fingerprint density at radius 3 is 1.92 bits per heavy atom. The van der Waals surface area contributed by atoms with Gasteiger partial charge in [-0.3, -0.25) is 0 Å². The third kappa shape index (κ3) is 3.30. The second-order valence-corrected chi connectivity index (χ2v) is 6.81. The Bertz CT molecular complexity index is 188. The fraction of sp³-hybridized carbons (Fsp3) is 1.00. The fourth-order valence-electron chi connectivity index (χ4n) is 2.83. The van der Waals surface area contributed by atoms with Gasteiger partial charge in [0.25, 0.3) is 0 Å². The van der Waals surface area contributed by atoms with Crippen LogP contribution in [0.3, 0.4) is 0 Å². The van der Waals surface area contributed by atoms with E-state index in [1.54, 1.807) is 0 Å². The molecular weight excluding hydrogens is 158 g/mol. The van der Waals surface area contributed by atoms with E-state index in [-0.39, 0.29) is 0 Å². The molecule has 0 saturated carbocycles. The molecule has 0 spiro atoms. The summed E-state index contributed by atoms with van der Waals surface area (Å²) >= 11 is 0. The minimum absolute atomic E-state index is 0.347. The fourth-order valence-corrected chi connectivity index (χ4v) is 2.83. The summed E-state index contributed by atoms with van der Waals surface area (Å²) in [7, 11) is 0. The lowest BCUT2D eigenvalue weighted by Gasteiger charge is -2.34. The second-order valence-electron chi connectivity index (χ2n) is 6.81. The van der Waals surface area contributed by atoms with Gasteiger partial charge >= 0.3 is 0 Å². The predicted molar refractivity (Wildman–Crippen MR) is 58.9 cm³/mol. The molecule has 1 fully saturated rings. The summed E-state index contributed by atoms with van der Waals surface area (Å²) < 4.78 is 0. The van der Waals surface area contributed by atoms with Gasteiger partial charge in [0.05, 0.1) is 0 Å². The van der Waals surface area contributed by atoms with Gasteiger partial charge in [0, 0.05) is 11.1 Å². The zero-order chi connectivity index (χ0) is 10.3. The summed E-state index contributed by atoms with van der Waals surface area (Å²) in [5.41, 5.74) is 1.14. The van der Waals surface area contributed by atoms with E-state index in [1.807, 2.05) is 0 Å². The van der Waals surface area contributed by atoms with Gasteiger partial charge in [-0.1, -0.05) is 20.8 Å². The Kier molecular flexibility index (Phi) is 2.53. The molecule has 0 radical (unpaired) electrons. The van der Waals surface area contributed by atoms with E-state index in [1.165, 1.54) is 19.3 Å². The maximum atomic E-state index is 3.76. The SMILES string of the molecule is CC(C)(C)CC1(C)CCC(C)(C)N1. The van der Waals surface area contributed by atoms with Crippen LogP contribution >= 0.6 is 0 Å². The van der Waals surface area contributed by atoms with Crippen LogP contribution in [0, 0.1) is 5.41 Å². The third-order valence-electron chi connectivity index (χ3n) is 2.86. The Labute approximate surface area is 83.3 Å². The highest BCUT2D eigenvalue weighted by atomic mass is 15.1. The van der Waals surface area contributed by atoms with Crippen molar-refractivity contribution in [2.24, 2.45) is 5.41 Å². The van der Waals surface area contributed by atoms with Crippen molar-refractivity contribution in [3.05, 3.63) is 0 Å². The Hall–Kier alpha value is -0.0400. The summed E-state index contributed by atoms with van der Waals surface area (Å²) in [6.45, 7) is 14.0. The lowest BCUT2D eigenvalue weighted by molar-refractivity contribution is 0.230. The van der Waals surface area contributed by atoms with E-state index >= 15 is 0 Å². The highest BCUT2D eigenvalue weighted by Crippen LogP contribution is 2.38. The first-order valence-corrected chi connectivity index (χ1v) is 5.41. The molecule has 1 nitrogen and oxygen atoms in total. The summed E-state index contributed by atoms with van der Waals surface area (Å²) in [5.74, 6) is 0.